The van der Waals surface area contributed by atoms with Gasteiger partial charge in [-0.25, -0.2) is 14.5 Å². The topological polar surface area (TPSA) is 92.2 Å². The van der Waals surface area contributed by atoms with Gasteiger partial charge >= 0.3 is 0 Å². The van der Waals surface area contributed by atoms with Crippen molar-refractivity contribution in [3.63, 3.8) is 0 Å². The number of carbonyl (C=O) groups excluding carboxylic acids is 1. The van der Waals surface area contributed by atoms with Gasteiger partial charge in [-0.3, -0.25) is 14.7 Å². The summed E-state index contributed by atoms with van der Waals surface area (Å²) in [6.45, 7) is 3.53. The van der Waals surface area contributed by atoms with Gasteiger partial charge in [0.25, 0.3) is 11.5 Å². The van der Waals surface area contributed by atoms with Crippen LogP contribution in [0.15, 0.2) is 59.5 Å². The molecular formula is C20H17N5O2. The molecule has 0 unspecified atom stereocenters. The summed E-state index contributed by atoms with van der Waals surface area (Å²) in [4.78, 5) is 34.2. The van der Waals surface area contributed by atoms with Crippen LogP contribution in [0, 0.1) is 13.8 Å². The molecule has 0 radical (unpaired) electrons. The first-order chi connectivity index (χ1) is 13.1. The first-order valence-corrected chi connectivity index (χ1v) is 8.46. The Hall–Kier alpha value is -3.74. The van der Waals surface area contributed by atoms with E-state index in [2.05, 4.69) is 20.4 Å². The lowest BCUT2D eigenvalue weighted by molar-refractivity contribution is 0.102. The summed E-state index contributed by atoms with van der Waals surface area (Å²) >= 11 is 0. The average molecular weight is 359 g/mol. The summed E-state index contributed by atoms with van der Waals surface area (Å²) in [5.41, 5.74) is 2.99. The molecule has 0 saturated carbocycles. The van der Waals surface area contributed by atoms with Crippen LogP contribution in [0.3, 0.4) is 0 Å². The molecule has 0 aliphatic carbocycles. The first-order valence-electron chi connectivity index (χ1n) is 8.46. The van der Waals surface area contributed by atoms with E-state index >= 15 is 0 Å². The van der Waals surface area contributed by atoms with Crippen LogP contribution >= 0.6 is 0 Å². The molecule has 7 heteroatoms. The Labute approximate surface area is 154 Å². The van der Waals surface area contributed by atoms with E-state index in [1.807, 2.05) is 37.3 Å². The highest BCUT2D eigenvalue weighted by molar-refractivity contribution is 6.04. The first kappa shape index (κ1) is 16.7. The summed E-state index contributed by atoms with van der Waals surface area (Å²) < 4.78 is 1.32. The number of nitrogens with one attached hydrogen (secondary N) is 2. The Morgan fingerprint density at radius 3 is 2.52 bits per heavy atom. The molecule has 27 heavy (non-hydrogen) atoms. The van der Waals surface area contributed by atoms with Crippen LogP contribution in [0.5, 0.6) is 0 Å². The van der Waals surface area contributed by atoms with Gasteiger partial charge in [0.05, 0.1) is 5.69 Å². The molecule has 0 aliphatic heterocycles. The molecule has 0 bridgehead atoms. The third-order valence-corrected chi connectivity index (χ3v) is 4.34. The lowest BCUT2D eigenvalue weighted by atomic mass is 10.1. The Kier molecular flexibility index (Phi) is 4.04. The van der Waals surface area contributed by atoms with E-state index in [0.29, 0.717) is 17.2 Å². The van der Waals surface area contributed by atoms with Crippen molar-refractivity contribution in [1.82, 2.24) is 19.6 Å². The summed E-state index contributed by atoms with van der Waals surface area (Å²) in [7, 11) is 0. The van der Waals surface area contributed by atoms with Crippen molar-refractivity contribution in [2.45, 2.75) is 13.8 Å². The van der Waals surface area contributed by atoms with Gasteiger partial charge in [0.2, 0.25) is 0 Å². The minimum Gasteiger partial charge on any atom is -0.306 e. The maximum Gasteiger partial charge on any atom is 0.285 e. The second kappa shape index (κ2) is 6.53. The summed E-state index contributed by atoms with van der Waals surface area (Å²) in [6, 6.07) is 14.9. The molecule has 0 aliphatic rings. The summed E-state index contributed by atoms with van der Waals surface area (Å²) in [6.07, 6.45) is 1.57. The lowest BCUT2D eigenvalue weighted by Crippen LogP contribution is -2.29. The normalized spacial score (nSPS) is 10.9. The standard InChI is InChI=1S/C20H17N5O2/c1-12-17(19(26)23-15-10-6-7-11-21-15)20(27)25-18(22-12)16(13(2)24-25)14-8-4-3-5-9-14/h3-11,24H,1-2H3,(H,21,23,26). The van der Waals surface area contributed by atoms with Gasteiger partial charge in [0.15, 0.2) is 5.65 Å². The van der Waals surface area contributed by atoms with Crippen LogP contribution in [-0.2, 0) is 0 Å². The fourth-order valence-electron chi connectivity index (χ4n) is 3.12. The molecule has 4 aromatic rings. The predicted molar refractivity (Wildman–Crippen MR) is 103 cm³/mol. The Balaban J connectivity index is 1.85. The van der Waals surface area contributed by atoms with E-state index in [1.54, 1.807) is 31.3 Å². The zero-order chi connectivity index (χ0) is 19.0. The maximum atomic E-state index is 13.0. The smallest absolute Gasteiger partial charge is 0.285 e. The molecule has 0 atom stereocenters. The number of aromatic amines is 1. The molecule has 1 aromatic carbocycles. The second-order valence-corrected chi connectivity index (χ2v) is 6.18. The monoisotopic (exact) mass is 359 g/mol. The summed E-state index contributed by atoms with van der Waals surface area (Å²) in [5, 5.41) is 5.67. The number of benzene rings is 1. The third kappa shape index (κ3) is 2.89. The van der Waals surface area contributed by atoms with Crippen molar-refractivity contribution in [3.05, 3.63) is 82.0 Å². The maximum absolute atomic E-state index is 13.0. The average Bonchev–Trinajstić information content (AvgIpc) is 2.99. The van der Waals surface area contributed by atoms with E-state index < -0.39 is 11.5 Å². The largest absolute Gasteiger partial charge is 0.306 e. The van der Waals surface area contributed by atoms with Crippen molar-refractivity contribution >= 4 is 17.4 Å². The predicted octanol–water partition coefficient (Wildman–Crippen LogP) is 2.95. The Bertz CT molecular complexity index is 1190. The second-order valence-electron chi connectivity index (χ2n) is 6.18. The molecule has 2 N–H and O–H groups in total. The number of fused-ring (bicyclic) bond motifs is 1. The number of aryl methyl sites for hydroxylation is 2. The van der Waals surface area contributed by atoms with Crippen LogP contribution in [0.2, 0.25) is 0 Å². The number of H-pyrrole nitrogens is 1. The van der Waals surface area contributed by atoms with Crippen LogP contribution in [0.25, 0.3) is 16.8 Å². The number of pyridine rings is 1. The third-order valence-electron chi connectivity index (χ3n) is 4.34. The number of aromatic nitrogens is 4. The van der Waals surface area contributed by atoms with E-state index in [-0.39, 0.29) is 5.56 Å². The van der Waals surface area contributed by atoms with Crippen LogP contribution in [0.4, 0.5) is 5.82 Å². The van der Waals surface area contributed by atoms with Crippen molar-refractivity contribution < 1.29 is 4.79 Å². The Morgan fingerprint density at radius 1 is 1.07 bits per heavy atom. The number of amides is 1. The fourth-order valence-corrected chi connectivity index (χ4v) is 3.12. The molecule has 134 valence electrons. The molecule has 1 amide bonds. The van der Waals surface area contributed by atoms with Crippen LogP contribution in [-0.4, -0.2) is 25.5 Å². The molecule has 0 spiro atoms. The van der Waals surface area contributed by atoms with Gasteiger partial charge in [-0.1, -0.05) is 36.4 Å². The molecule has 7 nitrogen and oxygen atoms in total. The van der Waals surface area contributed by atoms with Gasteiger partial charge in [0, 0.05) is 17.5 Å². The van der Waals surface area contributed by atoms with Gasteiger partial charge in [-0.2, -0.15) is 0 Å². The molecule has 3 aromatic heterocycles. The van der Waals surface area contributed by atoms with E-state index in [4.69, 9.17) is 0 Å². The Morgan fingerprint density at radius 2 is 1.81 bits per heavy atom. The zero-order valence-electron chi connectivity index (χ0n) is 14.9. The number of anilines is 1. The van der Waals surface area contributed by atoms with Crippen LogP contribution in [0.1, 0.15) is 21.7 Å². The van der Waals surface area contributed by atoms with E-state index in [0.717, 1.165) is 16.8 Å². The van der Waals surface area contributed by atoms with E-state index in [9.17, 15) is 9.59 Å². The molecular weight excluding hydrogens is 342 g/mol. The minimum atomic E-state index is -0.536. The van der Waals surface area contributed by atoms with Crippen LogP contribution < -0.4 is 10.9 Å². The van der Waals surface area contributed by atoms with Gasteiger partial charge in [-0.05, 0) is 31.5 Å². The number of hydrogen-bond donors (Lipinski definition) is 2. The molecule has 3 heterocycles. The summed E-state index contributed by atoms with van der Waals surface area (Å²) in [5.74, 6) is -0.161. The molecule has 4 rings (SSSR count). The number of carbonyl (C=O) groups is 1. The lowest BCUT2D eigenvalue weighted by Gasteiger charge is -2.07. The molecule has 0 fully saturated rings. The molecule has 0 saturated heterocycles. The SMILES string of the molecule is Cc1nc2c(-c3ccccc3)c(C)[nH]n2c(=O)c1C(=O)Nc1ccccn1. The van der Waals surface area contributed by atoms with Gasteiger partial charge in [-0.15, -0.1) is 0 Å². The number of nitrogens with zero attached hydrogens (tertiary/aromatic N) is 3. The van der Waals surface area contributed by atoms with E-state index in [1.165, 1.54) is 4.52 Å². The minimum absolute atomic E-state index is 0.0148. The highest BCUT2D eigenvalue weighted by atomic mass is 16.2. The highest BCUT2D eigenvalue weighted by Gasteiger charge is 2.21. The van der Waals surface area contributed by atoms with Gasteiger partial charge < -0.3 is 5.32 Å². The number of hydrogen-bond acceptors (Lipinski definition) is 4. The van der Waals surface area contributed by atoms with Crippen molar-refractivity contribution in [2.24, 2.45) is 0 Å². The van der Waals surface area contributed by atoms with Crippen molar-refractivity contribution in [3.8, 4) is 11.1 Å². The van der Waals surface area contributed by atoms with Crippen molar-refractivity contribution in [2.75, 3.05) is 5.32 Å². The fraction of sp³-hybridized carbons (Fsp3) is 0.100. The van der Waals surface area contributed by atoms with Gasteiger partial charge in [0.1, 0.15) is 11.4 Å². The highest BCUT2D eigenvalue weighted by Crippen LogP contribution is 2.26. The van der Waals surface area contributed by atoms with Crippen molar-refractivity contribution in [1.29, 1.82) is 0 Å². The number of rotatable bonds is 3. The quantitative estimate of drug-likeness (QED) is 0.588. The zero-order valence-corrected chi connectivity index (χ0v) is 14.9.